The van der Waals surface area contributed by atoms with Gasteiger partial charge in [-0.05, 0) is 70.8 Å². The maximum absolute atomic E-state index is 12.8. The number of methoxy groups -OCH3 is 6. The Bertz CT molecular complexity index is 1960. The largest absolute Gasteiger partial charge is 0.497 e. The molecule has 0 saturated carbocycles. The minimum atomic E-state index is -1.69. The Kier molecular flexibility index (Phi) is 7.29. The van der Waals surface area contributed by atoms with Crippen molar-refractivity contribution in [3.8, 4) is 57.1 Å². The molecule has 4 atom stereocenters. The number of hydrogen-bond acceptors (Lipinski definition) is 11. The van der Waals surface area contributed by atoms with Crippen LogP contribution in [0, 0.1) is 0 Å². The van der Waals surface area contributed by atoms with E-state index in [1.165, 1.54) is 0 Å². The van der Waals surface area contributed by atoms with Crippen LogP contribution in [0.5, 0.6) is 46.0 Å². The summed E-state index contributed by atoms with van der Waals surface area (Å²) in [4.78, 5) is 0. The van der Waals surface area contributed by atoms with Crippen LogP contribution in [0.25, 0.3) is 11.1 Å². The molecule has 1 aliphatic carbocycles. The molecule has 49 heavy (non-hydrogen) atoms. The van der Waals surface area contributed by atoms with Gasteiger partial charge in [0.15, 0.2) is 40.5 Å². The van der Waals surface area contributed by atoms with E-state index in [4.69, 9.17) is 47.4 Å². The van der Waals surface area contributed by atoms with Gasteiger partial charge in [-0.2, -0.15) is 0 Å². The summed E-state index contributed by atoms with van der Waals surface area (Å²) in [5.74, 6) is 4.61. The highest BCUT2D eigenvalue weighted by Gasteiger charge is 2.72. The van der Waals surface area contributed by atoms with Crippen LogP contribution in [0.2, 0.25) is 0 Å². The molecule has 0 spiro atoms. The number of benzene rings is 4. The second kappa shape index (κ2) is 11.4. The summed E-state index contributed by atoms with van der Waals surface area (Å²) >= 11 is 0. The fourth-order valence-electron chi connectivity index (χ4n) is 7.88. The highest BCUT2D eigenvalue weighted by molar-refractivity contribution is 5.77. The highest BCUT2D eigenvalue weighted by atomic mass is 16.8. The average molecular weight is 671 g/mol. The molecule has 256 valence electrons. The number of hydrogen-bond donors (Lipinski definition) is 1. The van der Waals surface area contributed by atoms with Gasteiger partial charge in [0, 0.05) is 36.1 Å². The summed E-state index contributed by atoms with van der Waals surface area (Å²) in [5, 5.41) is 12.8. The first-order valence-corrected chi connectivity index (χ1v) is 16.0. The van der Waals surface area contributed by atoms with Crippen LogP contribution < -0.4 is 37.9 Å². The zero-order valence-corrected chi connectivity index (χ0v) is 28.2. The molecule has 3 heterocycles. The Morgan fingerprint density at radius 3 is 1.88 bits per heavy atom. The standard InChI is InChI=1S/C38H38O11/c1-40-23-7-9-25-26-15-33(44-5)31(42-3)11-21(26)17-36(39,19-46-29(25)13-23)35-48-37-18-22-12-32(43-4)34(45-6)16-28(22)38(37,49-35)27-10-8-24(41-2)14-30(27)47-20-37/h7-16,35,39H,17-20H2,1-6H3/t35-,36+,37+,38+/m0/s1. The molecule has 8 rings (SSSR count). The van der Waals surface area contributed by atoms with Crippen LogP contribution in [-0.2, 0) is 27.9 Å². The van der Waals surface area contributed by atoms with Crippen LogP contribution in [0.15, 0.2) is 60.7 Å². The topological polar surface area (TPSA) is 113 Å². The van der Waals surface area contributed by atoms with Crippen molar-refractivity contribution < 1.29 is 52.5 Å². The number of rotatable bonds is 7. The molecule has 3 aliphatic heterocycles. The molecule has 0 bridgehead atoms. The minimum absolute atomic E-state index is 0.111. The van der Waals surface area contributed by atoms with E-state index in [2.05, 4.69) is 0 Å². The molecule has 0 aromatic heterocycles. The van der Waals surface area contributed by atoms with Gasteiger partial charge in [-0.25, -0.2) is 0 Å². The third-order valence-electron chi connectivity index (χ3n) is 10.3. The average Bonchev–Trinajstić information content (AvgIpc) is 3.62. The predicted molar refractivity (Wildman–Crippen MR) is 177 cm³/mol. The minimum Gasteiger partial charge on any atom is -0.497 e. The SMILES string of the molecule is COc1ccc2c(c1)OC[C@@](O)([C@H]1O[C@]34COc5cc(OC)ccc5[C@@]3(O1)c1cc(OC)c(OC)cc1C4)Cc1cc(OC)c(OC)cc1-2. The lowest BCUT2D eigenvalue weighted by Gasteiger charge is -2.42. The fraction of sp³-hybridized carbons (Fsp3) is 0.368. The zero-order valence-electron chi connectivity index (χ0n) is 28.2. The Labute approximate surface area is 284 Å². The number of fused-ring (bicyclic) bond motifs is 5. The van der Waals surface area contributed by atoms with Gasteiger partial charge in [-0.1, -0.05) is 0 Å². The monoisotopic (exact) mass is 670 g/mol. The Hall–Kier alpha value is -4.84. The molecule has 1 fully saturated rings. The quantitative estimate of drug-likeness (QED) is 0.284. The van der Waals surface area contributed by atoms with Crippen LogP contribution in [0.3, 0.4) is 0 Å². The molecule has 1 N–H and O–H groups in total. The first-order chi connectivity index (χ1) is 23.7. The van der Waals surface area contributed by atoms with Crippen LogP contribution >= 0.6 is 0 Å². The summed E-state index contributed by atoms with van der Waals surface area (Å²) < 4.78 is 61.0. The number of aliphatic hydroxyl groups is 1. The van der Waals surface area contributed by atoms with Crippen molar-refractivity contribution in [1.82, 2.24) is 0 Å². The molecule has 11 nitrogen and oxygen atoms in total. The van der Waals surface area contributed by atoms with E-state index < -0.39 is 23.1 Å². The van der Waals surface area contributed by atoms with Gasteiger partial charge in [-0.3, -0.25) is 0 Å². The summed E-state index contributed by atoms with van der Waals surface area (Å²) in [6.07, 6.45) is -0.609. The number of ether oxygens (including phenoxy) is 10. The van der Waals surface area contributed by atoms with Crippen molar-refractivity contribution >= 4 is 0 Å². The smallest absolute Gasteiger partial charge is 0.192 e. The molecule has 11 heteroatoms. The normalized spacial score (nSPS) is 25.7. The van der Waals surface area contributed by atoms with Gasteiger partial charge >= 0.3 is 0 Å². The van der Waals surface area contributed by atoms with Crippen molar-refractivity contribution in [1.29, 1.82) is 0 Å². The van der Waals surface area contributed by atoms with Gasteiger partial charge in [0.1, 0.15) is 41.8 Å². The van der Waals surface area contributed by atoms with Crippen molar-refractivity contribution in [2.24, 2.45) is 0 Å². The second-order valence-corrected chi connectivity index (χ2v) is 12.7. The lowest BCUT2D eigenvalue weighted by atomic mass is 9.76. The first-order valence-electron chi connectivity index (χ1n) is 16.0. The maximum Gasteiger partial charge on any atom is 0.192 e. The molecule has 4 aromatic carbocycles. The van der Waals surface area contributed by atoms with Gasteiger partial charge < -0.3 is 52.5 Å². The molecule has 0 amide bonds. The van der Waals surface area contributed by atoms with E-state index in [1.807, 2.05) is 54.6 Å². The van der Waals surface area contributed by atoms with Gasteiger partial charge in [0.25, 0.3) is 0 Å². The lowest BCUT2D eigenvalue weighted by Crippen LogP contribution is -2.54. The van der Waals surface area contributed by atoms with Crippen LogP contribution in [-0.4, -0.2) is 78.5 Å². The predicted octanol–water partition coefficient (Wildman–Crippen LogP) is 5.08. The van der Waals surface area contributed by atoms with E-state index in [9.17, 15) is 5.11 Å². The van der Waals surface area contributed by atoms with Crippen LogP contribution in [0.1, 0.15) is 22.3 Å². The van der Waals surface area contributed by atoms with E-state index in [1.54, 1.807) is 48.7 Å². The van der Waals surface area contributed by atoms with E-state index in [0.717, 1.165) is 33.4 Å². The van der Waals surface area contributed by atoms with Crippen molar-refractivity contribution in [3.63, 3.8) is 0 Å². The molecule has 1 saturated heterocycles. The first kappa shape index (κ1) is 31.4. The third kappa shape index (κ3) is 4.45. The van der Waals surface area contributed by atoms with Gasteiger partial charge in [0.05, 0.1) is 42.7 Å². The Balaban J connectivity index is 1.29. The van der Waals surface area contributed by atoms with Gasteiger partial charge in [0.2, 0.25) is 0 Å². The van der Waals surface area contributed by atoms with Crippen molar-refractivity contribution in [2.75, 3.05) is 55.9 Å². The molecule has 0 unspecified atom stereocenters. The molecule has 4 aliphatic rings. The summed E-state index contributed by atoms with van der Waals surface area (Å²) in [6.45, 7) is 0.00839. The summed E-state index contributed by atoms with van der Waals surface area (Å²) in [5.41, 5.74) is 1.09. The Morgan fingerprint density at radius 1 is 0.571 bits per heavy atom. The molecular weight excluding hydrogens is 632 g/mol. The van der Waals surface area contributed by atoms with Crippen molar-refractivity contribution in [3.05, 3.63) is 82.9 Å². The van der Waals surface area contributed by atoms with E-state index in [0.29, 0.717) is 52.4 Å². The molecule has 0 radical (unpaired) electrons. The molecular formula is C38H38O11. The second-order valence-electron chi connectivity index (χ2n) is 12.7. The summed E-state index contributed by atoms with van der Waals surface area (Å²) in [7, 11) is 9.59. The fourth-order valence-corrected chi connectivity index (χ4v) is 7.88. The highest BCUT2D eigenvalue weighted by Crippen LogP contribution is 2.64. The van der Waals surface area contributed by atoms with E-state index in [-0.39, 0.29) is 19.6 Å². The maximum atomic E-state index is 12.8. The van der Waals surface area contributed by atoms with E-state index >= 15 is 0 Å². The van der Waals surface area contributed by atoms with Gasteiger partial charge in [-0.15, -0.1) is 0 Å². The lowest BCUT2D eigenvalue weighted by molar-refractivity contribution is -0.218. The third-order valence-corrected chi connectivity index (χ3v) is 10.3. The zero-order chi connectivity index (χ0) is 34.1. The Morgan fingerprint density at radius 2 is 1.18 bits per heavy atom. The van der Waals surface area contributed by atoms with Crippen LogP contribution in [0.4, 0.5) is 0 Å². The van der Waals surface area contributed by atoms with Crippen molar-refractivity contribution in [2.45, 2.75) is 35.9 Å². The molecule has 4 aromatic rings. The summed E-state index contributed by atoms with van der Waals surface area (Å²) in [6, 6.07) is 18.9.